The van der Waals surface area contributed by atoms with E-state index in [1.165, 1.54) is 0 Å². The Hall–Kier alpha value is -2.32. The summed E-state index contributed by atoms with van der Waals surface area (Å²) in [5, 5.41) is 2.89. The summed E-state index contributed by atoms with van der Waals surface area (Å²) in [6, 6.07) is 19.7. The third-order valence-electron chi connectivity index (χ3n) is 3.34. The number of nitrogens with zero attached hydrogens (tertiary/aromatic N) is 1. The normalized spacial score (nSPS) is 11.1. The van der Waals surface area contributed by atoms with Crippen molar-refractivity contribution in [3.8, 4) is 5.75 Å². The summed E-state index contributed by atoms with van der Waals surface area (Å²) in [6.45, 7) is 0. The quantitative estimate of drug-likeness (QED) is 0.605. The van der Waals surface area contributed by atoms with Crippen LogP contribution in [0.15, 0.2) is 65.7 Å². The molecule has 0 fully saturated rings. The van der Waals surface area contributed by atoms with Crippen LogP contribution in [0.1, 0.15) is 5.56 Å². The highest BCUT2D eigenvalue weighted by Gasteiger charge is 2.06. The van der Waals surface area contributed by atoms with Crippen molar-refractivity contribution >= 4 is 34.3 Å². The number of hydrogen-bond acceptors (Lipinski definition) is 2. The lowest BCUT2D eigenvalue weighted by atomic mass is 10.0. The summed E-state index contributed by atoms with van der Waals surface area (Å²) in [5.74, 6) is 0.796. The van der Waals surface area contributed by atoms with Crippen LogP contribution in [0.5, 0.6) is 5.75 Å². The summed E-state index contributed by atoms with van der Waals surface area (Å²) in [5.41, 5.74) is 1.70. The van der Waals surface area contributed by atoms with Gasteiger partial charge in [0.25, 0.3) is 0 Å². The molecule has 104 valence electrons. The molecule has 0 spiro atoms. The van der Waals surface area contributed by atoms with Crippen molar-refractivity contribution in [3.05, 3.63) is 71.2 Å². The van der Waals surface area contributed by atoms with Gasteiger partial charge >= 0.3 is 0 Å². The van der Waals surface area contributed by atoms with Gasteiger partial charge in [-0.2, -0.15) is 0 Å². The van der Waals surface area contributed by atoms with E-state index in [1.54, 1.807) is 7.11 Å². The van der Waals surface area contributed by atoms with E-state index in [-0.39, 0.29) is 0 Å². The van der Waals surface area contributed by atoms with E-state index in [0.29, 0.717) is 5.02 Å². The molecule has 0 bridgehead atoms. The molecule has 3 heteroatoms. The lowest BCUT2D eigenvalue weighted by molar-refractivity contribution is 0.415. The first-order valence-electron chi connectivity index (χ1n) is 6.64. The topological polar surface area (TPSA) is 21.6 Å². The molecule has 0 aliphatic heterocycles. The minimum atomic E-state index is 0.632. The van der Waals surface area contributed by atoms with E-state index in [4.69, 9.17) is 16.3 Å². The first kappa shape index (κ1) is 13.7. The molecule has 0 aliphatic rings. The van der Waals surface area contributed by atoms with E-state index in [0.717, 1.165) is 27.8 Å². The maximum Gasteiger partial charge on any atom is 0.128 e. The molecule has 0 amide bonds. The predicted octanol–water partition coefficient (Wildman–Crippen LogP) is 5.25. The maximum atomic E-state index is 6.14. The van der Waals surface area contributed by atoms with E-state index in [1.807, 2.05) is 54.7 Å². The number of ether oxygens (including phenoxy) is 1. The summed E-state index contributed by atoms with van der Waals surface area (Å²) < 4.78 is 5.45. The van der Waals surface area contributed by atoms with Gasteiger partial charge in [-0.15, -0.1) is 0 Å². The monoisotopic (exact) mass is 295 g/mol. The molecular weight excluding hydrogens is 282 g/mol. The standard InChI is InChI=1S/C18H14ClNO/c1-21-18-11-10-13-6-2-3-7-14(13)15(18)12-20-17-9-5-4-8-16(17)19/h2-12H,1H3. The van der Waals surface area contributed by atoms with Crippen molar-refractivity contribution in [1.29, 1.82) is 0 Å². The highest BCUT2D eigenvalue weighted by atomic mass is 35.5. The van der Waals surface area contributed by atoms with Crippen LogP contribution in [0.4, 0.5) is 5.69 Å². The Morgan fingerprint density at radius 3 is 2.52 bits per heavy atom. The average Bonchev–Trinajstić information content (AvgIpc) is 2.53. The Morgan fingerprint density at radius 2 is 1.71 bits per heavy atom. The number of hydrogen-bond donors (Lipinski definition) is 0. The number of methoxy groups -OCH3 is 1. The Balaban J connectivity index is 2.13. The summed E-state index contributed by atoms with van der Waals surface area (Å²) in [4.78, 5) is 4.50. The average molecular weight is 296 g/mol. The number of fused-ring (bicyclic) bond motifs is 1. The Morgan fingerprint density at radius 1 is 0.952 bits per heavy atom. The minimum Gasteiger partial charge on any atom is -0.496 e. The van der Waals surface area contributed by atoms with Crippen molar-refractivity contribution in [2.24, 2.45) is 4.99 Å². The molecule has 0 aliphatic carbocycles. The summed E-state index contributed by atoms with van der Waals surface area (Å²) in [7, 11) is 1.66. The second kappa shape index (κ2) is 5.98. The van der Waals surface area contributed by atoms with E-state index in [9.17, 15) is 0 Å². The fourth-order valence-electron chi connectivity index (χ4n) is 2.28. The molecule has 21 heavy (non-hydrogen) atoms. The van der Waals surface area contributed by atoms with Crippen LogP contribution in [0.25, 0.3) is 10.8 Å². The zero-order valence-electron chi connectivity index (χ0n) is 11.6. The molecule has 0 unspecified atom stereocenters. The highest BCUT2D eigenvalue weighted by molar-refractivity contribution is 6.33. The van der Waals surface area contributed by atoms with Gasteiger partial charge in [0, 0.05) is 11.8 Å². The van der Waals surface area contributed by atoms with Crippen LogP contribution >= 0.6 is 11.6 Å². The smallest absolute Gasteiger partial charge is 0.128 e. The molecule has 0 saturated heterocycles. The number of rotatable bonds is 3. The predicted molar refractivity (Wildman–Crippen MR) is 89.2 cm³/mol. The molecule has 0 N–H and O–H groups in total. The fraction of sp³-hybridized carbons (Fsp3) is 0.0556. The lowest BCUT2D eigenvalue weighted by Crippen LogP contribution is -1.92. The second-order valence-corrected chi connectivity index (χ2v) is 5.02. The zero-order chi connectivity index (χ0) is 14.7. The molecule has 2 nitrogen and oxygen atoms in total. The van der Waals surface area contributed by atoms with Crippen LogP contribution in [0.2, 0.25) is 5.02 Å². The van der Waals surface area contributed by atoms with Crippen LogP contribution in [0, 0.1) is 0 Å². The van der Waals surface area contributed by atoms with Crippen LogP contribution < -0.4 is 4.74 Å². The van der Waals surface area contributed by atoms with Gasteiger partial charge in [-0.05, 0) is 29.0 Å². The SMILES string of the molecule is COc1ccc2ccccc2c1C=Nc1ccccc1Cl. The Kier molecular flexibility index (Phi) is 3.89. The highest BCUT2D eigenvalue weighted by Crippen LogP contribution is 2.28. The third-order valence-corrected chi connectivity index (χ3v) is 3.66. The maximum absolute atomic E-state index is 6.14. The molecule has 0 heterocycles. The van der Waals surface area contributed by atoms with Crippen molar-refractivity contribution in [1.82, 2.24) is 0 Å². The van der Waals surface area contributed by atoms with Gasteiger partial charge in [-0.3, -0.25) is 4.99 Å². The second-order valence-electron chi connectivity index (χ2n) is 4.61. The van der Waals surface area contributed by atoms with Gasteiger partial charge < -0.3 is 4.74 Å². The molecule has 0 atom stereocenters. The van der Waals surface area contributed by atoms with Gasteiger partial charge in [-0.1, -0.05) is 54.1 Å². The molecule has 3 aromatic rings. The van der Waals surface area contributed by atoms with E-state index < -0.39 is 0 Å². The van der Waals surface area contributed by atoms with Gasteiger partial charge in [-0.25, -0.2) is 0 Å². The molecule has 0 saturated carbocycles. The van der Waals surface area contributed by atoms with Gasteiger partial charge in [0.2, 0.25) is 0 Å². The minimum absolute atomic E-state index is 0.632. The van der Waals surface area contributed by atoms with E-state index in [2.05, 4.69) is 17.1 Å². The van der Waals surface area contributed by atoms with E-state index >= 15 is 0 Å². The molecule has 3 rings (SSSR count). The molecule has 0 radical (unpaired) electrons. The van der Waals surface area contributed by atoms with Crippen molar-refractivity contribution in [2.75, 3.05) is 7.11 Å². The third kappa shape index (κ3) is 2.76. The zero-order valence-corrected chi connectivity index (χ0v) is 12.3. The van der Waals surface area contributed by atoms with Crippen molar-refractivity contribution < 1.29 is 4.74 Å². The number of halogens is 1. The summed E-state index contributed by atoms with van der Waals surface area (Å²) in [6.07, 6.45) is 1.81. The van der Waals surface area contributed by atoms with Crippen molar-refractivity contribution in [3.63, 3.8) is 0 Å². The van der Waals surface area contributed by atoms with Crippen LogP contribution in [0.3, 0.4) is 0 Å². The summed E-state index contributed by atoms with van der Waals surface area (Å²) >= 11 is 6.14. The number of aliphatic imine (C=N–C) groups is 1. The molecular formula is C18H14ClNO. The molecule has 0 aromatic heterocycles. The Labute approximate surface area is 128 Å². The van der Waals surface area contributed by atoms with Crippen molar-refractivity contribution in [2.45, 2.75) is 0 Å². The van der Waals surface area contributed by atoms with Gasteiger partial charge in [0.1, 0.15) is 5.75 Å². The Bertz CT molecular complexity index is 811. The first-order chi connectivity index (χ1) is 10.3. The molecule has 3 aromatic carbocycles. The lowest BCUT2D eigenvalue weighted by Gasteiger charge is -2.08. The largest absolute Gasteiger partial charge is 0.496 e. The number of para-hydroxylation sites is 1. The van der Waals surface area contributed by atoms with Gasteiger partial charge in [0.15, 0.2) is 0 Å². The van der Waals surface area contributed by atoms with Crippen LogP contribution in [-0.4, -0.2) is 13.3 Å². The fourth-order valence-corrected chi connectivity index (χ4v) is 2.46. The first-order valence-corrected chi connectivity index (χ1v) is 7.02. The van der Waals surface area contributed by atoms with Gasteiger partial charge in [0.05, 0.1) is 17.8 Å². The van der Waals surface area contributed by atoms with Crippen LogP contribution in [-0.2, 0) is 0 Å². The number of benzene rings is 3.